The number of halogens is 2. The van der Waals surface area contributed by atoms with Gasteiger partial charge in [0.15, 0.2) is 0 Å². The summed E-state index contributed by atoms with van der Waals surface area (Å²) in [4.78, 5) is 0. The number of benzene rings is 2. The molecular formula is C34H46Cl2Zr. The zero-order chi connectivity index (χ0) is 27.2. The maximum atomic E-state index is 4.93. The summed E-state index contributed by atoms with van der Waals surface area (Å²) in [5.74, 6) is 0. The van der Waals surface area contributed by atoms with E-state index < -0.39 is 20.8 Å². The molecule has 4 rings (SSSR count). The maximum absolute atomic E-state index is 4.93. The quantitative estimate of drug-likeness (QED) is 0.123. The minimum absolute atomic E-state index is 0.826. The monoisotopic (exact) mass is 614 g/mol. The van der Waals surface area contributed by atoms with Crippen LogP contribution >= 0.6 is 17.0 Å². The second kappa shape index (κ2) is 17.7. The molecular weight excluding hydrogens is 571 g/mol. The molecule has 4 aromatic rings. The van der Waals surface area contributed by atoms with Crippen LogP contribution in [0.2, 0.25) is 0 Å². The molecule has 0 fully saturated rings. The van der Waals surface area contributed by atoms with E-state index in [2.05, 4.69) is 90.1 Å². The molecule has 0 aliphatic carbocycles. The molecule has 3 heteroatoms. The Labute approximate surface area is 245 Å². The third-order valence-corrected chi connectivity index (χ3v) is 7.28. The van der Waals surface area contributed by atoms with Crippen LogP contribution in [-0.4, -0.2) is 0 Å². The van der Waals surface area contributed by atoms with Crippen LogP contribution in [0, 0.1) is 27.7 Å². The first-order valence-corrected chi connectivity index (χ1v) is 20.5. The summed E-state index contributed by atoms with van der Waals surface area (Å²) in [7, 11) is 9.87. The first kappa shape index (κ1) is 32.3. The summed E-state index contributed by atoms with van der Waals surface area (Å²) in [6, 6.07) is 18.5. The van der Waals surface area contributed by atoms with Gasteiger partial charge in [-0.1, -0.05) is 116 Å². The van der Waals surface area contributed by atoms with Gasteiger partial charge < -0.3 is 0 Å². The van der Waals surface area contributed by atoms with Crippen LogP contribution in [0.25, 0.3) is 21.5 Å². The minimum atomic E-state index is -0.826. The van der Waals surface area contributed by atoms with Gasteiger partial charge in [0.2, 0.25) is 0 Å². The predicted octanol–water partition coefficient (Wildman–Crippen LogP) is 12.0. The van der Waals surface area contributed by atoms with E-state index in [0.717, 1.165) is 0 Å². The second-order valence-electron chi connectivity index (χ2n) is 10.5. The molecule has 37 heavy (non-hydrogen) atoms. The fraction of sp³-hybridized carbons (Fsp3) is 0.471. The van der Waals surface area contributed by atoms with Crippen molar-refractivity contribution in [3.8, 4) is 0 Å². The number of hydrogen-bond donors (Lipinski definition) is 0. The van der Waals surface area contributed by atoms with Crippen molar-refractivity contribution >= 4 is 38.6 Å². The van der Waals surface area contributed by atoms with Gasteiger partial charge in [-0.25, -0.2) is 0 Å². The summed E-state index contributed by atoms with van der Waals surface area (Å²) in [5.41, 5.74) is 8.67. The Morgan fingerprint density at radius 2 is 0.973 bits per heavy atom. The number of unbranched alkanes of at least 4 members (excludes halogenated alkanes) is 6. The van der Waals surface area contributed by atoms with Crippen LogP contribution in [0.1, 0.15) is 98.6 Å². The van der Waals surface area contributed by atoms with Crippen molar-refractivity contribution in [1.82, 2.24) is 0 Å². The summed E-state index contributed by atoms with van der Waals surface area (Å²) in [6.07, 6.45) is 13.2. The molecule has 0 aromatic heterocycles. The van der Waals surface area contributed by atoms with Crippen molar-refractivity contribution in [1.29, 1.82) is 0 Å². The molecule has 0 heterocycles. The molecule has 0 nitrogen and oxygen atoms in total. The summed E-state index contributed by atoms with van der Waals surface area (Å²) < 4.78 is 0. The molecule has 0 amide bonds. The SMILES string of the molecule is CCCCCCc1ccc(C)c2[cH-]c(C)cc12.CCCCCCc1ccc(C)c2[cH-]c(C)cc12.[Cl][Zr+2][Cl]. The Morgan fingerprint density at radius 3 is 1.32 bits per heavy atom. The molecule has 0 unspecified atom stereocenters. The van der Waals surface area contributed by atoms with Gasteiger partial charge in [0.05, 0.1) is 0 Å². The Bertz CT molecular complexity index is 1100. The van der Waals surface area contributed by atoms with Crippen LogP contribution in [0.15, 0.2) is 48.5 Å². The Balaban J connectivity index is 0.000000235. The molecule has 0 aliphatic rings. The topological polar surface area (TPSA) is 0 Å². The second-order valence-corrected chi connectivity index (χ2v) is 14.2. The molecule has 0 N–H and O–H groups in total. The molecule has 0 saturated carbocycles. The van der Waals surface area contributed by atoms with E-state index in [9.17, 15) is 0 Å². The van der Waals surface area contributed by atoms with E-state index in [-0.39, 0.29) is 0 Å². The fourth-order valence-corrected chi connectivity index (χ4v) is 5.22. The van der Waals surface area contributed by atoms with Crippen molar-refractivity contribution in [2.45, 2.75) is 106 Å². The van der Waals surface area contributed by atoms with Crippen LogP contribution in [0.4, 0.5) is 0 Å². The van der Waals surface area contributed by atoms with E-state index in [1.54, 1.807) is 0 Å². The van der Waals surface area contributed by atoms with E-state index in [1.807, 2.05) is 0 Å². The van der Waals surface area contributed by atoms with Crippen LogP contribution in [0.3, 0.4) is 0 Å². The summed E-state index contributed by atoms with van der Waals surface area (Å²) >= 11 is -0.826. The van der Waals surface area contributed by atoms with Gasteiger partial charge in [-0.3, -0.25) is 0 Å². The Kier molecular flexibility index (Phi) is 15.4. The molecule has 0 atom stereocenters. The summed E-state index contributed by atoms with van der Waals surface area (Å²) in [5, 5.41) is 5.88. The van der Waals surface area contributed by atoms with Gasteiger partial charge in [0, 0.05) is 0 Å². The Hall–Kier alpha value is -0.877. The number of hydrogen-bond acceptors (Lipinski definition) is 0. The molecule has 0 aliphatic heterocycles. The van der Waals surface area contributed by atoms with Crippen molar-refractivity contribution in [2.24, 2.45) is 0 Å². The number of fused-ring (bicyclic) bond motifs is 2. The zero-order valence-electron chi connectivity index (χ0n) is 23.9. The molecule has 0 bridgehead atoms. The van der Waals surface area contributed by atoms with Crippen molar-refractivity contribution in [2.75, 3.05) is 0 Å². The first-order chi connectivity index (χ1) is 17.9. The molecule has 0 radical (unpaired) electrons. The van der Waals surface area contributed by atoms with E-state index >= 15 is 0 Å². The third-order valence-electron chi connectivity index (χ3n) is 7.28. The van der Waals surface area contributed by atoms with Crippen molar-refractivity contribution in [3.05, 3.63) is 81.9 Å². The van der Waals surface area contributed by atoms with Gasteiger partial charge in [-0.2, -0.15) is 12.1 Å². The zero-order valence-corrected chi connectivity index (χ0v) is 27.9. The van der Waals surface area contributed by atoms with E-state index in [0.29, 0.717) is 0 Å². The van der Waals surface area contributed by atoms with Gasteiger partial charge >= 0.3 is 37.9 Å². The number of rotatable bonds is 10. The standard InChI is InChI=1S/2C17H23.2ClH.Zr/c2*1-4-5-6-7-8-15-10-9-14(3)16-11-13(2)12-17(15)16;;;/h2*9-12H,4-8H2,1-3H3;2*1H;/q2*-1;;;+4/p-2. The average Bonchev–Trinajstić information content (AvgIpc) is 3.47. The molecule has 0 spiro atoms. The van der Waals surface area contributed by atoms with Crippen molar-refractivity contribution < 1.29 is 20.8 Å². The fourth-order valence-electron chi connectivity index (χ4n) is 5.22. The summed E-state index contributed by atoms with van der Waals surface area (Å²) in [6.45, 7) is 13.3. The predicted molar refractivity (Wildman–Crippen MR) is 165 cm³/mol. The van der Waals surface area contributed by atoms with Crippen molar-refractivity contribution in [3.63, 3.8) is 0 Å². The van der Waals surface area contributed by atoms with Gasteiger partial charge in [0.25, 0.3) is 0 Å². The molecule has 4 aromatic carbocycles. The van der Waals surface area contributed by atoms with Gasteiger partial charge in [0.1, 0.15) is 0 Å². The third kappa shape index (κ3) is 10.3. The van der Waals surface area contributed by atoms with Crippen LogP contribution in [-0.2, 0) is 33.7 Å². The van der Waals surface area contributed by atoms with E-state index in [4.69, 9.17) is 17.0 Å². The average molecular weight is 617 g/mol. The molecule has 200 valence electrons. The molecule has 0 saturated heterocycles. The number of aryl methyl sites for hydroxylation is 6. The van der Waals surface area contributed by atoms with E-state index in [1.165, 1.54) is 119 Å². The van der Waals surface area contributed by atoms with Gasteiger partial charge in [-0.05, 0) is 12.8 Å². The Morgan fingerprint density at radius 1 is 0.595 bits per heavy atom. The van der Waals surface area contributed by atoms with Crippen LogP contribution < -0.4 is 0 Å². The first-order valence-electron chi connectivity index (χ1n) is 14.1. The van der Waals surface area contributed by atoms with Gasteiger partial charge in [-0.15, -0.1) is 68.1 Å². The normalized spacial score (nSPS) is 10.6. The van der Waals surface area contributed by atoms with Crippen LogP contribution in [0.5, 0.6) is 0 Å².